The summed E-state index contributed by atoms with van der Waals surface area (Å²) in [5.74, 6) is 0.853. The molecule has 0 aliphatic carbocycles. The summed E-state index contributed by atoms with van der Waals surface area (Å²) in [5, 5.41) is 0. The van der Waals surface area contributed by atoms with E-state index >= 15 is 0 Å². The van der Waals surface area contributed by atoms with Crippen molar-refractivity contribution in [3.63, 3.8) is 0 Å². The van der Waals surface area contributed by atoms with Crippen LogP contribution in [0.15, 0.2) is 0 Å². The van der Waals surface area contributed by atoms with Gasteiger partial charge in [0.15, 0.2) is 0 Å². The van der Waals surface area contributed by atoms with Gasteiger partial charge in [-0.25, -0.2) is 0 Å². The lowest BCUT2D eigenvalue weighted by Gasteiger charge is -2.46. The molecule has 2 aliphatic rings. The molecule has 3 unspecified atom stereocenters. The van der Waals surface area contributed by atoms with Crippen LogP contribution in [0.2, 0.25) is 0 Å². The molecule has 4 heteroatoms. The van der Waals surface area contributed by atoms with Crippen molar-refractivity contribution in [3.8, 4) is 0 Å². The van der Waals surface area contributed by atoms with Gasteiger partial charge < -0.3 is 0 Å². The first-order chi connectivity index (χ1) is 8.16. The molecule has 2 rings (SSSR count). The van der Waals surface area contributed by atoms with Crippen LogP contribution in [-0.4, -0.2) is 64.3 Å². The molecular formula is C13H26N2OS. The van der Waals surface area contributed by atoms with Crippen molar-refractivity contribution in [1.29, 1.82) is 0 Å². The van der Waals surface area contributed by atoms with Crippen molar-refractivity contribution in [2.75, 3.05) is 38.2 Å². The van der Waals surface area contributed by atoms with Crippen LogP contribution in [0.4, 0.5) is 0 Å². The number of hydrogen-bond donors (Lipinski definition) is 0. The molecule has 0 saturated carbocycles. The molecule has 3 atom stereocenters. The molecule has 2 aliphatic heterocycles. The second-order valence-corrected chi connectivity index (χ2v) is 7.15. The molecule has 0 N–H and O–H groups in total. The Morgan fingerprint density at radius 1 is 1.29 bits per heavy atom. The van der Waals surface area contributed by atoms with Gasteiger partial charge in [0, 0.05) is 54.5 Å². The molecule has 2 fully saturated rings. The smallest absolute Gasteiger partial charge is 0.0246 e. The van der Waals surface area contributed by atoms with Gasteiger partial charge in [-0.1, -0.05) is 6.42 Å². The molecule has 2 heterocycles. The summed E-state index contributed by atoms with van der Waals surface area (Å²) >= 11 is 0. The Morgan fingerprint density at radius 2 is 2.12 bits per heavy atom. The second kappa shape index (κ2) is 6.30. The molecule has 0 radical (unpaired) electrons. The molecule has 0 spiro atoms. The average Bonchev–Trinajstić information content (AvgIpc) is 2.35. The van der Waals surface area contributed by atoms with E-state index < -0.39 is 10.8 Å². The number of hydrogen-bond acceptors (Lipinski definition) is 3. The molecule has 2 saturated heterocycles. The maximum Gasteiger partial charge on any atom is 0.0246 e. The second-order valence-electron chi connectivity index (χ2n) is 5.60. The van der Waals surface area contributed by atoms with E-state index in [0.29, 0.717) is 6.04 Å². The van der Waals surface area contributed by atoms with Crippen LogP contribution in [0.1, 0.15) is 32.6 Å². The Hall–Kier alpha value is 0.0700. The van der Waals surface area contributed by atoms with Gasteiger partial charge in [0.25, 0.3) is 0 Å². The lowest BCUT2D eigenvalue weighted by atomic mass is 9.98. The molecule has 17 heavy (non-hydrogen) atoms. The zero-order valence-corrected chi connectivity index (χ0v) is 12.0. The number of fused-ring (bicyclic) bond motifs is 1. The minimum Gasteiger partial charge on any atom is -0.298 e. The van der Waals surface area contributed by atoms with Gasteiger partial charge in [0.1, 0.15) is 0 Å². The molecule has 0 aromatic rings. The van der Waals surface area contributed by atoms with E-state index in [4.69, 9.17) is 0 Å². The van der Waals surface area contributed by atoms with Gasteiger partial charge in [0.05, 0.1) is 0 Å². The first kappa shape index (κ1) is 13.5. The van der Waals surface area contributed by atoms with Gasteiger partial charge in [-0.3, -0.25) is 14.0 Å². The Labute approximate surface area is 108 Å². The highest BCUT2D eigenvalue weighted by molar-refractivity contribution is 7.84. The minimum atomic E-state index is -0.636. The Morgan fingerprint density at radius 3 is 2.88 bits per heavy atom. The topological polar surface area (TPSA) is 23.6 Å². The van der Waals surface area contributed by atoms with Crippen molar-refractivity contribution in [3.05, 3.63) is 0 Å². The molecule has 0 amide bonds. The number of piperazine rings is 1. The van der Waals surface area contributed by atoms with Gasteiger partial charge in [-0.15, -0.1) is 0 Å². The van der Waals surface area contributed by atoms with Crippen molar-refractivity contribution in [2.45, 2.75) is 44.7 Å². The van der Waals surface area contributed by atoms with Gasteiger partial charge in [-0.05, 0) is 32.7 Å². The molecule has 0 aromatic heterocycles. The van der Waals surface area contributed by atoms with Crippen molar-refractivity contribution >= 4 is 10.8 Å². The van der Waals surface area contributed by atoms with Crippen LogP contribution in [-0.2, 0) is 10.8 Å². The van der Waals surface area contributed by atoms with E-state index in [1.807, 2.05) is 6.26 Å². The molecule has 0 bridgehead atoms. The van der Waals surface area contributed by atoms with Crippen LogP contribution in [0.25, 0.3) is 0 Å². The lowest BCUT2D eigenvalue weighted by Crippen LogP contribution is -2.56. The third kappa shape index (κ3) is 3.76. The van der Waals surface area contributed by atoms with Crippen LogP contribution in [0.5, 0.6) is 0 Å². The maximum absolute atomic E-state index is 11.1. The van der Waals surface area contributed by atoms with E-state index in [0.717, 1.165) is 18.2 Å². The zero-order chi connectivity index (χ0) is 12.3. The van der Waals surface area contributed by atoms with Crippen molar-refractivity contribution in [1.82, 2.24) is 9.80 Å². The van der Waals surface area contributed by atoms with Crippen LogP contribution >= 0.6 is 0 Å². The molecule has 0 aromatic carbocycles. The monoisotopic (exact) mass is 258 g/mol. The summed E-state index contributed by atoms with van der Waals surface area (Å²) in [4.78, 5) is 5.28. The van der Waals surface area contributed by atoms with Gasteiger partial charge in [-0.2, -0.15) is 0 Å². The molecule has 100 valence electrons. The third-order valence-electron chi connectivity index (χ3n) is 4.32. The highest BCUT2D eigenvalue weighted by Gasteiger charge is 2.30. The Bertz CT molecular complexity index is 272. The first-order valence-corrected chi connectivity index (χ1v) is 8.67. The predicted octanol–water partition coefficient (Wildman–Crippen LogP) is 1.31. The fraction of sp³-hybridized carbons (Fsp3) is 1.00. The van der Waals surface area contributed by atoms with E-state index in [9.17, 15) is 4.21 Å². The summed E-state index contributed by atoms with van der Waals surface area (Å²) in [5.41, 5.74) is 0. The minimum absolute atomic E-state index is 0.600. The van der Waals surface area contributed by atoms with Crippen molar-refractivity contribution < 1.29 is 4.21 Å². The standard InChI is InChI=1S/C13H26N2OS/c1-12(6-10-17(2)16)15-9-8-14-7-4-3-5-13(14)11-15/h12-13H,3-11H2,1-2H3. The summed E-state index contributed by atoms with van der Waals surface area (Å²) in [6.45, 7) is 7.28. The average molecular weight is 258 g/mol. The molecular weight excluding hydrogens is 232 g/mol. The Kier molecular flexibility index (Phi) is 5.00. The summed E-state index contributed by atoms with van der Waals surface area (Å²) in [6.07, 6.45) is 7.06. The van der Waals surface area contributed by atoms with Crippen LogP contribution in [0.3, 0.4) is 0 Å². The van der Waals surface area contributed by atoms with Crippen LogP contribution in [0, 0.1) is 0 Å². The van der Waals surface area contributed by atoms with E-state index in [-0.39, 0.29) is 0 Å². The quantitative estimate of drug-likeness (QED) is 0.760. The van der Waals surface area contributed by atoms with Gasteiger partial charge in [0.2, 0.25) is 0 Å². The van der Waals surface area contributed by atoms with E-state index in [1.165, 1.54) is 45.4 Å². The lowest BCUT2D eigenvalue weighted by molar-refractivity contribution is 0.0306. The highest BCUT2D eigenvalue weighted by atomic mass is 32.2. The van der Waals surface area contributed by atoms with Crippen LogP contribution < -0.4 is 0 Å². The van der Waals surface area contributed by atoms with E-state index in [2.05, 4.69) is 16.7 Å². The fourth-order valence-electron chi connectivity index (χ4n) is 3.10. The largest absolute Gasteiger partial charge is 0.298 e. The van der Waals surface area contributed by atoms with Gasteiger partial charge >= 0.3 is 0 Å². The Balaban J connectivity index is 1.80. The molecule has 3 nitrogen and oxygen atoms in total. The first-order valence-electron chi connectivity index (χ1n) is 6.95. The third-order valence-corrected chi connectivity index (χ3v) is 5.13. The summed E-state index contributed by atoms with van der Waals surface area (Å²) in [7, 11) is -0.636. The number of piperidine rings is 1. The predicted molar refractivity (Wildman–Crippen MR) is 73.8 cm³/mol. The van der Waals surface area contributed by atoms with Crippen molar-refractivity contribution in [2.24, 2.45) is 0 Å². The normalized spacial score (nSPS) is 30.8. The summed E-state index contributed by atoms with van der Waals surface area (Å²) in [6, 6.07) is 1.40. The maximum atomic E-state index is 11.1. The highest BCUT2D eigenvalue weighted by Crippen LogP contribution is 2.22. The number of nitrogens with zero attached hydrogens (tertiary/aromatic N) is 2. The SMILES string of the molecule is CC(CCS(C)=O)N1CCN2CCCCC2C1. The fourth-order valence-corrected chi connectivity index (χ4v) is 3.77. The number of rotatable bonds is 4. The van der Waals surface area contributed by atoms with E-state index in [1.54, 1.807) is 0 Å². The summed E-state index contributed by atoms with van der Waals surface area (Å²) < 4.78 is 11.1. The zero-order valence-electron chi connectivity index (χ0n) is 11.2.